The summed E-state index contributed by atoms with van der Waals surface area (Å²) in [6.07, 6.45) is 7.25. The summed E-state index contributed by atoms with van der Waals surface area (Å²) in [6, 6.07) is 14.6. The summed E-state index contributed by atoms with van der Waals surface area (Å²) in [5.74, 6) is -0.160. The molecule has 4 nitrogen and oxygen atoms in total. The maximum absolute atomic E-state index is 12.2. The molecule has 0 radical (unpaired) electrons. The van der Waals surface area contributed by atoms with Gasteiger partial charge in [-0.2, -0.15) is 0 Å². The Morgan fingerprint density at radius 2 is 1.29 bits per heavy atom. The number of unbranched alkanes of at least 4 members (excludes halogenated alkanes) is 5. The summed E-state index contributed by atoms with van der Waals surface area (Å²) < 4.78 is 0.939. The Kier molecular flexibility index (Phi) is 9.77. The zero-order chi connectivity index (χ0) is 20.2. The SMILES string of the molecule is CCCCCCCCNC(=O)c1ccc(CNC(=O)c2ccc(Br)cc2)cc1. The van der Waals surface area contributed by atoms with Crippen LogP contribution in [0.15, 0.2) is 53.0 Å². The first-order chi connectivity index (χ1) is 13.6. The maximum atomic E-state index is 12.2. The monoisotopic (exact) mass is 444 g/mol. The summed E-state index contributed by atoms with van der Waals surface area (Å²) in [5.41, 5.74) is 2.22. The highest BCUT2D eigenvalue weighted by atomic mass is 79.9. The Morgan fingerprint density at radius 3 is 1.93 bits per heavy atom. The normalized spacial score (nSPS) is 10.5. The third-order valence-corrected chi connectivity index (χ3v) is 5.12. The summed E-state index contributed by atoms with van der Waals surface area (Å²) in [4.78, 5) is 24.3. The fourth-order valence-electron chi connectivity index (χ4n) is 2.87. The molecule has 0 fully saturated rings. The Morgan fingerprint density at radius 1 is 0.750 bits per heavy atom. The molecule has 0 unspecified atom stereocenters. The van der Waals surface area contributed by atoms with Crippen molar-refractivity contribution in [3.05, 3.63) is 69.7 Å². The molecule has 2 rings (SSSR count). The van der Waals surface area contributed by atoms with Crippen LogP contribution in [0.2, 0.25) is 0 Å². The second-order valence-corrected chi connectivity index (χ2v) is 7.83. The van der Waals surface area contributed by atoms with Gasteiger partial charge in [0, 0.05) is 28.7 Å². The fourth-order valence-corrected chi connectivity index (χ4v) is 3.13. The van der Waals surface area contributed by atoms with Gasteiger partial charge in [-0.05, 0) is 48.4 Å². The van der Waals surface area contributed by atoms with Crippen LogP contribution >= 0.6 is 15.9 Å². The van der Waals surface area contributed by atoms with E-state index in [0.717, 1.165) is 29.4 Å². The van der Waals surface area contributed by atoms with Gasteiger partial charge in [-0.15, -0.1) is 0 Å². The van der Waals surface area contributed by atoms with Gasteiger partial charge in [0.15, 0.2) is 0 Å². The summed E-state index contributed by atoms with van der Waals surface area (Å²) in [6.45, 7) is 3.35. The summed E-state index contributed by atoms with van der Waals surface area (Å²) in [5, 5.41) is 5.86. The quantitative estimate of drug-likeness (QED) is 0.451. The number of halogens is 1. The lowest BCUT2D eigenvalue weighted by Gasteiger charge is -2.08. The van der Waals surface area contributed by atoms with E-state index in [-0.39, 0.29) is 11.8 Å². The van der Waals surface area contributed by atoms with E-state index in [9.17, 15) is 9.59 Å². The van der Waals surface area contributed by atoms with Crippen molar-refractivity contribution in [3.63, 3.8) is 0 Å². The number of rotatable bonds is 11. The number of nitrogens with one attached hydrogen (secondary N) is 2. The Balaban J connectivity index is 1.71. The highest BCUT2D eigenvalue weighted by molar-refractivity contribution is 9.10. The van der Waals surface area contributed by atoms with Crippen LogP contribution < -0.4 is 10.6 Å². The van der Waals surface area contributed by atoms with Gasteiger partial charge in [0.05, 0.1) is 0 Å². The van der Waals surface area contributed by atoms with Gasteiger partial charge in [0.2, 0.25) is 0 Å². The summed E-state index contributed by atoms with van der Waals surface area (Å²) in [7, 11) is 0. The van der Waals surface area contributed by atoms with Crippen molar-refractivity contribution in [3.8, 4) is 0 Å². The zero-order valence-electron chi connectivity index (χ0n) is 16.5. The fraction of sp³-hybridized carbons (Fsp3) is 0.391. The predicted molar refractivity (Wildman–Crippen MR) is 117 cm³/mol. The molecule has 2 aromatic rings. The van der Waals surface area contributed by atoms with Gasteiger partial charge in [-0.25, -0.2) is 0 Å². The third kappa shape index (κ3) is 7.85. The average Bonchev–Trinajstić information content (AvgIpc) is 2.72. The van der Waals surface area contributed by atoms with Gasteiger partial charge >= 0.3 is 0 Å². The van der Waals surface area contributed by atoms with Gasteiger partial charge in [-0.3, -0.25) is 9.59 Å². The van der Waals surface area contributed by atoms with Gasteiger partial charge in [0.1, 0.15) is 0 Å². The van der Waals surface area contributed by atoms with Crippen LogP contribution in [-0.4, -0.2) is 18.4 Å². The third-order valence-electron chi connectivity index (χ3n) is 4.59. The van der Waals surface area contributed by atoms with Crippen molar-refractivity contribution < 1.29 is 9.59 Å². The molecule has 150 valence electrons. The minimum atomic E-state index is -0.117. The van der Waals surface area contributed by atoms with Crippen molar-refractivity contribution >= 4 is 27.7 Å². The van der Waals surface area contributed by atoms with E-state index in [1.165, 1.54) is 25.7 Å². The van der Waals surface area contributed by atoms with Crippen LogP contribution in [0.25, 0.3) is 0 Å². The van der Waals surface area contributed by atoms with E-state index in [2.05, 4.69) is 33.5 Å². The molecule has 0 aliphatic carbocycles. The van der Waals surface area contributed by atoms with Crippen LogP contribution in [0.1, 0.15) is 71.7 Å². The molecule has 0 bridgehead atoms. The van der Waals surface area contributed by atoms with E-state index < -0.39 is 0 Å². The number of amides is 2. The standard InChI is InChI=1S/C23H29BrN2O2/c1-2-3-4-5-6-7-16-25-22(27)19-10-8-18(9-11-19)17-26-23(28)20-12-14-21(24)15-13-20/h8-15H,2-7,16-17H2,1H3,(H,25,27)(H,26,28). The molecule has 5 heteroatoms. The van der Waals surface area contributed by atoms with Crippen LogP contribution in [0.4, 0.5) is 0 Å². The molecule has 0 saturated carbocycles. The Hall–Kier alpha value is -2.14. The predicted octanol–water partition coefficient (Wildman–Crippen LogP) is 5.47. The smallest absolute Gasteiger partial charge is 0.251 e. The molecule has 2 aromatic carbocycles. The molecule has 2 N–H and O–H groups in total. The molecular weight excluding hydrogens is 416 g/mol. The first-order valence-electron chi connectivity index (χ1n) is 10.0. The number of benzene rings is 2. The van der Waals surface area contributed by atoms with Gasteiger partial charge in [0.25, 0.3) is 11.8 Å². The minimum Gasteiger partial charge on any atom is -0.352 e. The molecule has 0 saturated heterocycles. The van der Waals surface area contributed by atoms with E-state index in [1.54, 1.807) is 24.3 Å². The van der Waals surface area contributed by atoms with E-state index in [4.69, 9.17) is 0 Å². The van der Waals surface area contributed by atoms with Crippen molar-refractivity contribution in [1.82, 2.24) is 10.6 Å². The van der Waals surface area contributed by atoms with E-state index in [0.29, 0.717) is 17.7 Å². The van der Waals surface area contributed by atoms with E-state index >= 15 is 0 Å². The number of hydrogen-bond acceptors (Lipinski definition) is 2. The van der Waals surface area contributed by atoms with Crippen LogP contribution in [0, 0.1) is 0 Å². The molecule has 2 amide bonds. The summed E-state index contributed by atoms with van der Waals surface area (Å²) >= 11 is 3.36. The molecular formula is C23H29BrN2O2. The largest absolute Gasteiger partial charge is 0.352 e. The number of hydrogen-bond donors (Lipinski definition) is 2. The Labute approximate surface area is 176 Å². The van der Waals surface area contributed by atoms with Crippen molar-refractivity contribution in [2.45, 2.75) is 52.0 Å². The molecule has 0 aromatic heterocycles. The maximum Gasteiger partial charge on any atom is 0.251 e. The second kappa shape index (κ2) is 12.3. The highest BCUT2D eigenvalue weighted by Crippen LogP contribution is 2.11. The van der Waals surface area contributed by atoms with Crippen LogP contribution in [0.5, 0.6) is 0 Å². The van der Waals surface area contributed by atoms with Gasteiger partial charge < -0.3 is 10.6 Å². The lowest BCUT2D eigenvalue weighted by molar-refractivity contribution is 0.0942. The second-order valence-electron chi connectivity index (χ2n) is 6.91. The highest BCUT2D eigenvalue weighted by Gasteiger charge is 2.07. The molecule has 0 atom stereocenters. The number of carbonyl (C=O) groups excluding carboxylic acids is 2. The van der Waals surface area contributed by atoms with E-state index in [1.807, 2.05) is 24.3 Å². The molecule has 0 aliphatic rings. The first kappa shape index (κ1) is 22.2. The average molecular weight is 445 g/mol. The lowest BCUT2D eigenvalue weighted by Crippen LogP contribution is -2.25. The van der Waals surface area contributed by atoms with Crippen LogP contribution in [-0.2, 0) is 6.54 Å². The lowest BCUT2D eigenvalue weighted by atomic mass is 10.1. The van der Waals surface area contributed by atoms with Crippen molar-refractivity contribution in [1.29, 1.82) is 0 Å². The van der Waals surface area contributed by atoms with Crippen LogP contribution in [0.3, 0.4) is 0 Å². The Bertz CT molecular complexity index is 742. The zero-order valence-corrected chi connectivity index (χ0v) is 18.1. The number of carbonyl (C=O) groups is 2. The minimum absolute atomic E-state index is 0.0426. The van der Waals surface area contributed by atoms with Crippen molar-refractivity contribution in [2.24, 2.45) is 0 Å². The first-order valence-corrected chi connectivity index (χ1v) is 10.8. The molecule has 0 spiro atoms. The van der Waals surface area contributed by atoms with Gasteiger partial charge in [-0.1, -0.05) is 67.1 Å². The molecule has 28 heavy (non-hydrogen) atoms. The topological polar surface area (TPSA) is 58.2 Å². The molecule has 0 heterocycles. The molecule has 0 aliphatic heterocycles. The van der Waals surface area contributed by atoms with Crippen molar-refractivity contribution in [2.75, 3.05) is 6.54 Å².